The van der Waals surface area contributed by atoms with E-state index < -0.39 is 0 Å². The molecule has 1 aliphatic carbocycles. The van der Waals surface area contributed by atoms with Crippen LogP contribution in [-0.2, 0) is 23.8 Å². The van der Waals surface area contributed by atoms with Crippen molar-refractivity contribution in [1.29, 1.82) is 0 Å². The Morgan fingerprint density at radius 1 is 1.07 bits per heavy atom. The standard InChI is InChI=1S/C9H12O5/c1-4(10)12-6-3-7(13-5(2)11)9-8(6)14-9/h6-9H,3H2,1-2H3/t6-,7+,8-,9+. The molecule has 0 bridgehead atoms. The number of epoxide rings is 1. The fourth-order valence-electron chi connectivity index (χ4n) is 1.89. The topological polar surface area (TPSA) is 65.1 Å². The van der Waals surface area contributed by atoms with Gasteiger partial charge in [-0.25, -0.2) is 0 Å². The summed E-state index contributed by atoms with van der Waals surface area (Å²) in [6, 6.07) is 0. The maximum absolute atomic E-state index is 10.7. The fourth-order valence-corrected chi connectivity index (χ4v) is 1.89. The largest absolute Gasteiger partial charge is 0.460 e. The molecule has 0 radical (unpaired) electrons. The molecule has 2 rings (SSSR count). The van der Waals surface area contributed by atoms with Crippen LogP contribution in [0.3, 0.4) is 0 Å². The predicted octanol–water partition coefficient (Wildman–Crippen LogP) is 0.0209. The molecule has 4 atom stereocenters. The maximum atomic E-state index is 10.7. The van der Waals surface area contributed by atoms with Crippen molar-refractivity contribution < 1.29 is 23.8 Å². The summed E-state index contributed by atoms with van der Waals surface area (Å²) in [6.45, 7) is 2.72. The molecule has 0 aromatic rings. The summed E-state index contributed by atoms with van der Waals surface area (Å²) >= 11 is 0. The van der Waals surface area contributed by atoms with E-state index in [1.54, 1.807) is 0 Å². The second kappa shape index (κ2) is 3.24. The van der Waals surface area contributed by atoms with Crippen LogP contribution in [0.1, 0.15) is 20.3 Å². The molecular formula is C9H12O5. The molecule has 14 heavy (non-hydrogen) atoms. The van der Waals surface area contributed by atoms with Crippen molar-refractivity contribution in [1.82, 2.24) is 0 Å². The second-order valence-corrected chi connectivity index (χ2v) is 3.60. The van der Waals surface area contributed by atoms with E-state index in [2.05, 4.69) is 0 Å². The molecule has 1 aliphatic heterocycles. The van der Waals surface area contributed by atoms with Crippen molar-refractivity contribution in [3.8, 4) is 0 Å². The molecule has 5 nitrogen and oxygen atoms in total. The summed E-state index contributed by atoms with van der Waals surface area (Å²) in [5, 5.41) is 0. The molecule has 0 N–H and O–H groups in total. The van der Waals surface area contributed by atoms with E-state index in [9.17, 15) is 9.59 Å². The van der Waals surface area contributed by atoms with Crippen molar-refractivity contribution in [2.75, 3.05) is 0 Å². The first kappa shape index (κ1) is 9.45. The minimum atomic E-state index is -0.326. The smallest absolute Gasteiger partial charge is 0.302 e. The number of rotatable bonds is 2. The quantitative estimate of drug-likeness (QED) is 0.464. The van der Waals surface area contributed by atoms with Gasteiger partial charge in [0.1, 0.15) is 24.4 Å². The molecule has 1 saturated heterocycles. The van der Waals surface area contributed by atoms with Crippen LogP contribution in [0.2, 0.25) is 0 Å². The summed E-state index contributed by atoms with van der Waals surface area (Å²) in [5.74, 6) is -0.652. The summed E-state index contributed by atoms with van der Waals surface area (Å²) in [6.07, 6.45) is -0.0794. The van der Waals surface area contributed by atoms with Gasteiger partial charge in [0.05, 0.1) is 0 Å². The number of carbonyl (C=O) groups excluding carboxylic acids is 2. The molecule has 0 aromatic carbocycles. The van der Waals surface area contributed by atoms with Crippen LogP contribution in [0, 0.1) is 0 Å². The van der Waals surface area contributed by atoms with Gasteiger partial charge in [-0.05, 0) is 0 Å². The van der Waals surface area contributed by atoms with E-state index in [0.29, 0.717) is 6.42 Å². The monoisotopic (exact) mass is 200 g/mol. The van der Waals surface area contributed by atoms with E-state index in [4.69, 9.17) is 14.2 Å². The average molecular weight is 200 g/mol. The Labute approximate surface area is 81.3 Å². The zero-order valence-electron chi connectivity index (χ0n) is 8.06. The van der Waals surface area contributed by atoms with Gasteiger partial charge < -0.3 is 14.2 Å². The number of hydrogen-bond acceptors (Lipinski definition) is 5. The molecule has 0 aromatic heterocycles. The lowest BCUT2D eigenvalue weighted by atomic mass is 10.3. The third-order valence-electron chi connectivity index (χ3n) is 2.39. The normalized spacial score (nSPS) is 38.7. The van der Waals surface area contributed by atoms with Crippen molar-refractivity contribution in [2.24, 2.45) is 0 Å². The third-order valence-corrected chi connectivity index (χ3v) is 2.39. The zero-order valence-corrected chi connectivity index (χ0v) is 8.06. The van der Waals surface area contributed by atoms with Crippen LogP contribution in [0.15, 0.2) is 0 Å². The Morgan fingerprint density at radius 2 is 1.50 bits per heavy atom. The highest BCUT2D eigenvalue weighted by Crippen LogP contribution is 2.42. The van der Waals surface area contributed by atoms with Crippen molar-refractivity contribution in [3.05, 3.63) is 0 Å². The SMILES string of the molecule is CC(=O)O[C@H]1C[C@@H](OC(C)=O)[C@H]2O[C@H]21. The van der Waals surface area contributed by atoms with Crippen molar-refractivity contribution in [3.63, 3.8) is 0 Å². The molecule has 2 aliphatic rings. The molecule has 1 saturated carbocycles. The summed E-state index contributed by atoms with van der Waals surface area (Å²) in [4.78, 5) is 21.4. The maximum Gasteiger partial charge on any atom is 0.302 e. The highest BCUT2D eigenvalue weighted by molar-refractivity contribution is 5.67. The second-order valence-electron chi connectivity index (χ2n) is 3.60. The van der Waals surface area contributed by atoms with Crippen LogP contribution in [-0.4, -0.2) is 36.4 Å². The van der Waals surface area contributed by atoms with E-state index in [0.717, 1.165) is 0 Å². The minimum absolute atomic E-state index is 0.0664. The van der Waals surface area contributed by atoms with Gasteiger partial charge in [0.15, 0.2) is 0 Å². The van der Waals surface area contributed by atoms with Gasteiger partial charge in [-0.3, -0.25) is 9.59 Å². The first-order chi connectivity index (χ1) is 6.58. The highest BCUT2D eigenvalue weighted by atomic mass is 16.7. The van der Waals surface area contributed by atoms with Gasteiger partial charge >= 0.3 is 11.9 Å². The Bertz CT molecular complexity index is 248. The van der Waals surface area contributed by atoms with Crippen LogP contribution >= 0.6 is 0 Å². The molecule has 0 spiro atoms. The first-order valence-electron chi connectivity index (χ1n) is 4.58. The van der Waals surface area contributed by atoms with Crippen molar-refractivity contribution in [2.45, 2.75) is 44.7 Å². The Kier molecular flexibility index (Phi) is 2.19. The van der Waals surface area contributed by atoms with Gasteiger partial charge in [0, 0.05) is 20.3 Å². The number of fused-ring (bicyclic) bond motifs is 1. The Hall–Kier alpha value is -1.10. The van der Waals surface area contributed by atoms with Gasteiger partial charge in [-0.15, -0.1) is 0 Å². The molecule has 2 fully saturated rings. The predicted molar refractivity (Wildman–Crippen MR) is 44.4 cm³/mol. The van der Waals surface area contributed by atoms with Crippen molar-refractivity contribution >= 4 is 11.9 Å². The lowest BCUT2D eigenvalue weighted by Gasteiger charge is -2.15. The zero-order chi connectivity index (χ0) is 10.3. The first-order valence-corrected chi connectivity index (χ1v) is 4.58. The Morgan fingerprint density at radius 3 is 1.86 bits per heavy atom. The molecule has 78 valence electrons. The van der Waals surface area contributed by atoms with Crippen LogP contribution in [0.4, 0.5) is 0 Å². The van der Waals surface area contributed by atoms with Crippen LogP contribution < -0.4 is 0 Å². The summed E-state index contributed by atoms with van der Waals surface area (Å²) in [5.41, 5.74) is 0. The molecule has 0 unspecified atom stereocenters. The molecule has 5 heteroatoms. The van der Waals surface area contributed by atoms with E-state index in [1.165, 1.54) is 13.8 Å². The highest BCUT2D eigenvalue weighted by Gasteiger charge is 2.59. The fraction of sp³-hybridized carbons (Fsp3) is 0.778. The van der Waals surface area contributed by atoms with Crippen LogP contribution in [0.25, 0.3) is 0 Å². The van der Waals surface area contributed by atoms with Gasteiger partial charge in [0.25, 0.3) is 0 Å². The average Bonchev–Trinajstić information content (AvgIpc) is 2.72. The molecular weight excluding hydrogens is 188 g/mol. The lowest BCUT2D eigenvalue weighted by Crippen LogP contribution is -2.23. The number of carbonyl (C=O) groups is 2. The van der Waals surface area contributed by atoms with Gasteiger partial charge in [0.2, 0.25) is 0 Å². The summed E-state index contributed by atoms with van der Waals surface area (Å²) < 4.78 is 15.3. The lowest BCUT2D eigenvalue weighted by molar-refractivity contribution is -0.153. The molecule has 0 amide bonds. The van der Waals surface area contributed by atoms with Gasteiger partial charge in [-0.1, -0.05) is 0 Å². The Balaban J connectivity index is 1.89. The van der Waals surface area contributed by atoms with Gasteiger partial charge in [-0.2, -0.15) is 0 Å². The van der Waals surface area contributed by atoms with E-state index in [-0.39, 0.29) is 36.4 Å². The van der Waals surface area contributed by atoms with Crippen LogP contribution in [0.5, 0.6) is 0 Å². The van der Waals surface area contributed by atoms with E-state index >= 15 is 0 Å². The third kappa shape index (κ3) is 1.72. The minimum Gasteiger partial charge on any atom is -0.460 e. The number of hydrogen-bond donors (Lipinski definition) is 0. The summed E-state index contributed by atoms with van der Waals surface area (Å²) in [7, 11) is 0. The van der Waals surface area contributed by atoms with E-state index in [1.807, 2.05) is 0 Å². The molecule has 1 heterocycles. The number of esters is 2. The number of ether oxygens (including phenoxy) is 3.